The summed E-state index contributed by atoms with van der Waals surface area (Å²) in [5.74, 6) is 0.219. The summed E-state index contributed by atoms with van der Waals surface area (Å²) in [4.78, 5) is 11.5. The summed E-state index contributed by atoms with van der Waals surface area (Å²) in [6, 6.07) is 3.60. The van der Waals surface area contributed by atoms with E-state index in [0.29, 0.717) is 12.5 Å². The van der Waals surface area contributed by atoms with Gasteiger partial charge in [-0.1, -0.05) is 13.8 Å². The maximum absolute atomic E-state index is 12.7. The maximum Gasteiger partial charge on any atom is 0.418 e. The molecule has 21 heavy (non-hydrogen) atoms. The Labute approximate surface area is 121 Å². The molecule has 0 spiro atoms. The first-order valence-electron chi connectivity index (χ1n) is 6.67. The summed E-state index contributed by atoms with van der Waals surface area (Å²) in [5.41, 5.74) is 4.40. The molecule has 0 saturated heterocycles. The molecule has 0 fully saturated rings. The Kier molecular flexibility index (Phi) is 5.87. The fourth-order valence-electron chi connectivity index (χ4n) is 1.64. The Morgan fingerprint density at radius 3 is 2.57 bits per heavy atom. The first kappa shape index (κ1) is 17.1. The molecule has 0 unspecified atom stereocenters. The second kappa shape index (κ2) is 7.19. The molecule has 0 aromatic heterocycles. The van der Waals surface area contributed by atoms with Crippen molar-refractivity contribution < 1.29 is 18.0 Å². The number of nitrogens with one attached hydrogen (secondary N) is 2. The van der Waals surface area contributed by atoms with E-state index < -0.39 is 11.7 Å². The highest BCUT2D eigenvalue weighted by atomic mass is 19.4. The molecule has 7 heteroatoms. The van der Waals surface area contributed by atoms with Gasteiger partial charge in [0.05, 0.1) is 5.56 Å². The summed E-state index contributed by atoms with van der Waals surface area (Å²) in [6.45, 7) is 4.79. The number of rotatable bonds is 6. The normalized spacial score (nSPS) is 11.5. The molecular weight excluding hydrogens is 283 g/mol. The van der Waals surface area contributed by atoms with Gasteiger partial charge in [0.2, 0.25) is 5.91 Å². The number of hydrogen-bond donors (Lipinski definition) is 3. The van der Waals surface area contributed by atoms with Crippen LogP contribution < -0.4 is 16.4 Å². The van der Waals surface area contributed by atoms with Crippen LogP contribution in [0.15, 0.2) is 18.2 Å². The van der Waals surface area contributed by atoms with Gasteiger partial charge >= 0.3 is 6.18 Å². The van der Waals surface area contributed by atoms with E-state index in [-0.39, 0.29) is 30.2 Å². The third-order valence-corrected chi connectivity index (χ3v) is 2.75. The Bertz CT molecular complexity index is 487. The van der Waals surface area contributed by atoms with E-state index in [9.17, 15) is 18.0 Å². The molecule has 1 aromatic carbocycles. The van der Waals surface area contributed by atoms with Crippen molar-refractivity contribution >= 4 is 17.3 Å². The number of nitrogen functional groups attached to an aromatic ring is 1. The van der Waals surface area contributed by atoms with Crippen LogP contribution >= 0.6 is 0 Å². The first-order chi connectivity index (χ1) is 9.70. The van der Waals surface area contributed by atoms with Gasteiger partial charge in [0, 0.05) is 30.9 Å². The van der Waals surface area contributed by atoms with Crippen LogP contribution in [0.4, 0.5) is 24.5 Å². The number of carbonyl (C=O) groups is 1. The zero-order valence-electron chi connectivity index (χ0n) is 12.1. The average molecular weight is 303 g/mol. The Hall–Kier alpha value is -1.92. The van der Waals surface area contributed by atoms with Crippen LogP contribution in [0, 0.1) is 5.92 Å². The van der Waals surface area contributed by atoms with Crippen molar-refractivity contribution in [3.05, 3.63) is 23.8 Å². The van der Waals surface area contributed by atoms with Crippen molar-refractivity contribution in [1.29, 1.82) is 0 Å². The SMILES string of the molecule is CC(C)CNC(=O)CCNc1ccc(N)c(C(F)(F)F)c1. The lowest BCUT2D eigenvalue weighted by Gasteiger charge is -2.13. The molecule has 0 atom stereocenters. The van der Waals surface area contributed by atoms with Crippen molar-refractivity contribution in [2.75, 3.05) is 24.1 Å². The van der Waals surface area contributed by atoms with Crippen molar-refractivity contribution in [2.45, 2.75) is 26.4 Å². The summed E-state index contributed by atoms with van der Waals surface area (Å²) in [6.07, 6.45) is -4.30. The Morgan fingerprint density at radius 1 is 1.33 bits per heavy atom. The van der Waals surface area contributed by atoms with Gasteiger partial charge < -0.3 is 16.4 Å². The van der Waals surface area contributed by atoms with Crippen LogP contribution in [-0.2, 0) is 11.0 Å². The summed E-state index contributed by atoms with van der Waals surface area (Å²) < 4.78 is 38.0. The third kappa shape index (κ3) is 5.93. The summed E-state index contributed by atoms with van der Waals surface area (Å²) in [5, 5.41) is 5.52. The molecule has 0 radical (unpaired) electrons. The molecule has 1 rings (SSSR count). The second-order valence-electron chi connectivity index (χ2n) is 5.17. The summed E-state index contributed by atoms with van der Waals surface area (Å²) >= 11 is 0. The van der Waals surface area contributed by atoms with E-state index in [1.807, 2.05) is 13.8 Å². The van der Waals surface area contributed by atoms with Gasteiger partial charge in [-0.15, -0.1) is 0 Å². The lowest BCUT2D eigenvalue weighted by Crippen LogP contribution is -2.28. The number of halogens is 3. The van der Waals surface area contributed by atoms with Crippen molar-refractivity contribution in [3.8, 4) is 0 Å². The number of amides is 1. The van der Waals surface area contributed by atoms with E-state index in [1.54, 1.807) is 0 Å². The predicted octanol–water partition coefficient (Wildman–Crippen LogP) is 2.86. The van der Waals surface area contributed by atoms with Crippen molar-refractivity contribution in [2.24, 2.45) is 5.92 Å². The number of alkyl halides is 3. The van der Waals surface area contributed by atoms with Crippen molar-refractivity contribution in [3.63, 3.8) is 0 Å². The Morgan fingerprint density at radius 2 is 2.00 bits per heavy atom. The van der Waals surface area contributed by atoms with Crippen LogP contribution in [0.5, 0.6) is 0 Å². The molecule has 0 bridgehead atoms. The molecule has 0 aliphatic heterocycles. The highest BCUT2D eigenvalue weighted by Gasteiger charge is 2.33. The number of carbonyl (C=O) groups excluding carboxylic acids is 1. The highest BCUT2D eigenvalue weighted by molar-refractivity contribution is 5.76. The topological polar surface area (TPSA) is 67.2 Å². The number of benzene rings is 1. The van der Waals surface area contributed by atoms with Gasteiger partial charge in [0.25, 0.3) is 0 Å². The van der Waals surface area contributed by atoms with Gasteiger partial charge in [-0.2, -0.15) is 13.2 Å². The van der Waals surface area contributed by atoms with Crippen LogP contribution in [0.3, 0.4) is 0 Å². The molecule has 0 aliphatic carbocycles. The molecule has 0 saturated carbocycles. The van der Waals surface area contributed by atoms with E-state index in [4.69, 9.17) is 5.73 Å². The van der Waals surface area contributed by atoms with Crippen molar-refractivity contribution in [1.82, 2.24) is 5.32 Å². The van der Waals surface area contributed by atoms with Gasteiger partial charge in [0.15, 0.2) is 0 Å². The quantitative estimate of drug-likeness (QED) is 0.708. The van der Waals surface area contributed by atoms with Gasteiger partial charge in [-0.3, -0.25) is 4.79 Å². The molecule has 0 heterocycles. The molecular formula is C14H20F3N3O. The fourth-order valence-corrected chi connectivity index (χ4v) is 1.64. The molecule has 4 N–H and O–H groups in total. The standard InChI is InChI=1S/C14H20F3N3O/c1-9(2)8-20-13(21)5-6-19-10-3-4-12(18)11(7-10)14(15,16)17/h3-4,7,9,19H,5-6,8,18H2,1-2H3,(H,20,21). The van der Waals surface area contributed by atoms with Crippen LogP contribution in [0.1, 0.15) is 25.8 Å². The van der Waals surface area contributed by atoms with E-state index in [1.165, 1.54) is 12.1 Å². The smallest absolute Gasteiger partial charge is 0.398 e. The predicted molar refractivity (Wildman–Crippen MR) is 76.8 cm³/mol. The molecule has 1 aromatic rings. The second-order valence-corrected chi connectivity index (χ2v) is 5.17. The summed E-state index contributed by atoms with van der Waals surface area (Å²) in [7, 11) is 0. The zero-order chi connectivity index (χ0) is 16.0. The minimum Gasteiger partial charge on any atom is -0.398 e. The van der Waals surface area contributed by atoms with E-state index >= 15 is 0 Å². The Balaban J connectivity index is 2.51. The lowest BCUT2D eigenvalue weighted by atomic mass is 10.1. The first-order valence-corrected chi connectivity index (χ1v) is 6.67. The molecule has 1 amide bonds. The minimum absolute atomic E-state index is 0.136. The van der Waals surface area contributed by atoms with Gasteiger partial charge in [-0.25, -0.2) is 0 Å². The maximum atomic E-state index is 12.7. The third-order valence-electron chi connectivity index (χ3n) is 2.75. The van der Waals surface area contributed by atoms with E-state index in [2.05, 4.69) is 10.6 Å². The zero-order valence-corrected chi connectivity index (χ0v) is 12.1. The molecule has 4 nitrogen and oxygen atoms in total. The molecule has 0 aliphatic rings. The fraction of sp³-hybridized carbons (Fsp3) is 0.500. The van der Waals surface area contributed by atoms with Crippen LogP contribution in [0.25, 0.3) is 0 Å². The van der Waals surface area contributed by atoms with Gasteiger partial charge in [0.1, 0.15) is 0 Å². The monoisotopic (exact) mass is 303 g/mol. The number of nitrogens with two attached hydrogens (primary N) is 1. The van der Waals surface area contributed by atoms with E-state index in [0.717, 1.165) is 6.07 Å². The van der Waals surface area contributed by atoms with Crippen LogP contribution in [-0.4, -0.2) is 19.0 Å². The lowest BCUT2D eigenvalue weighted by molar-refractivity contribution is -0.136. The highest BCUT2D eigenvalue weighted by Crippen LogP contribution is 2.35. The minimum atomic E-state index is -4.49. The largest absolute Gasteiger partial charge is 0.418 e. The number of anilines is 2. The number of hydrogen-bond acceptors (Lipinski definition) is 3. The van der Waals surface area contributed by atoms with Gasteiger partial charge in [-0.05, 0) is 24.1 Å². The average Bonchev–Trinajstić information content (AvgIpc) is 2.37. The molecule has 118 valence electrons. The van der Waals surface area contributed by atoms with Crippen LogP contribution in [0.2, 0.25) is 0 Å².